The van der Waals surface area contributed by atoms with Gasteiger partial charge in [-0.05, 0) is 32.4 Å². The first-order valence-electron chi connectivity index (χ1n) is 4.66. The third kappa shape index (κ3) is 8.81. The largest absolute Gasteiger partial charge is 0.401 e. The van der Waals surface area contributed by atoms with Crippen molar-refractivity contribution in [3.8, 4) is 0 Å². The first-order valence-corrected chi connectivity index (χ1v) is 5.78. The van der Waals surface area contributed by atoms with Crippen molar-refractivity contribution < 1.29 is 13.2 Å². The van der Waals surface area contributed by atoms with Crippen molar-refractivity contribution in [3.63, 3.8) is 0 Å². The number of hydrogen-bond donors (Lipinski definition) is 0. The van der Waals surface area contributed by atoms with E-state index in [-0.39, 0.29) is 0 Å². The fourth-order valence-corrected chi connectivity index (χ4v) is 1.94. The predicted molar refractivity (Wildman–Crippen MR) is 55.7 cm³/mol. The van der Waals surface area contributed by atoms with Crippen molar-refractivity contribution in [2.75, 3.05) is 25.5 Å². The van der Waals surface area contributed by atoms with Gasteiger partial charge in [-0.2, -0.15) is 13.2 Å². The van der Waals surface area contributed by atoms with Crippen LogP contribution in [-0.2, 0) is 0 Å². The maximum absolute atomic E-state index is 11.9. The SMILES string of the molecule is CC(CCBr)CCN(C)CC(F)(F)F. The highest BCUT2D eigenvalue weighted by Gasteiger charge is 2.28. The van der Waals surface area contributed by atoms with Gasteiger partial charge in [0.05, 0.1) is 6.54 Å². The molecule has 1 atom stereocenters. The summed E-state index contributed by atoms with van der Waals surface area (Å²) in [5, 5.41) is 0.914. The molecule has 0 saturated carbocycles. The predicted octanol–water partition coefficient (Wildman–Crippen LogP) is 3.29. The van der Waals surface area contributed by atoms with Gasteiger partial charge in [0.2, 0.25) is 0 Å². The van der Waals surface area contributed by atoms with Crippen LogP contribution in [0.15, 0.2) is 0 Å². The standard InChI is InChI=1S/C9H17BrF3N/c1-8(3-5-10)4-6-14(2)7-9(11,12)13/h8H,3-7H2,1-2H3. The molecule has 0 aromatic heterocycles. The monoisotopic (exact) mass is 275 g/mol. The summed E-state index contributed by atoms with van der Waals surface area (Å²) in [4.78, 5) is 1.32. The van der Waals surface area contributed by atoms with Gasteiger partial charge in [-0.1, -0.05) is 22.9 Å². The number of halogens is 4. The van der Waals surface area contributed by atoms with Crippen molar-refractivity contribution in [2.45, 2.75) is 25.9 Å². The molecular formula is C9H17BrF3N. The molecule has 0 amide bonds. The van der Waals surface area contributed by atoms with E-state index >= 15 is 0 Å². The average Bonchev–Trinajstić information content (AvgIpc) is 1.98. The van der Waals surface area contributed by atoms with Crippen molar-refractivity contribution >= 4 is 15.9 Å². The summed E-state index contributed by atoms with van der Waals surface area (Å²) in [6.07, 6.45) is -2.24. The second-order valence-corrected chi connectivity index (χ2v) is 4.52. The minimum Gasteiger partial charge on any atom is -0.298 e. The molecule has 0 aliphatic carbocycles. The van der Waals surface area contributed by atoms with Crippen molar-refractivity contribution in [1.82, 2.24) is 4.90 Å². The molecule has 0 rings (SSSR count). The lowest BCUT2D eigenvalue weighted by Gasteiger charge is -2.20. The Morgan fingerprint density at radius 1 is 1.29 bits per heavy atom. The molecule has 0 saturated heterocycles. The quantitative estimate of drug-likeness (QED) is 0.673. The Balaban J connectivity index is 3.58. The first kappa shape index (κ1) is 14.2. The molecule has 1 unspecified atom stereocenters. The molecule has 86 valence electrons. The summed E-state index contributed by atoms with van der Waals surface area (Å²) in [7, 11) is 1.51. The molecule has 5 heteroatoms. The molecule has 0 fully saturated rings. The second-order valence-electron chi connectivity index (χ2n) is 3.72. The third-order valence-corrected chi connectivity index (χ3v) is 2.51. The normalized spacial score (nSPS) is 14.8. The lowest BCUT2D eigenvalue weighted by Crippen LogP contribution is -2.32. The summed E-state index contributed by atoms with van der Waals surface area (Å²) in [5.41, 5.74) is 0. The smallest absolute Gasteiger partial charge is 0.298 e. The molecule has 1 nitrogen and oxygen atoms in total. The molecule has 0 heterocycles. The fourth-order valence-electron chi connectivity index (χ4n) is 1.16. The Bertz CT molecular complexity index is 149. The number of rotatable bonds is 6. The van der Waals surface area contributed by atoms with Gasteiger partial charge in [-0.25, -0.2) is 0 Å². The number of hydrogen-bond acceptors (Lipinski definition) is 1. The highest BCUT2D eigenvalue weighted by atomic mass is 79.9. The average molecular weight is 276 g/mol. The van der Waals surface area contributed by atoms with E-state index in [0.29, 0.717) is 12.5 Å². The molecule has 0 radical (unpaired) electrons. The molecule has 0 aliphatic heterocycles. The maximum Gasteiger partial charge on any atom is 0.401 e. The van der Waals surface area contributed by atoms with E-state index in [4.69, 9.17) is 0 Å². The van der Waals surface area contributed by atoms with Gasteiger partial charge in [0.25, 0.3) is 0 Å². The summed E-state index contributed by atoms with van der Waals surface area (Å²) >= 11 is 3.31. The van der Waals surface area contributed by atoms with Crippen LogP contribution in [0.2, 0.25) is 0 Å². The van der Waals surface area contributed by atoms with Crippen molar-refractivity contribution in [3.05, 3.63) is 0 Å². The summed E-state index contributed by atoms with van der Waals surface area (Å²) in [5.74, 6) is 0.477. The van der Waals surface area contributed by atoms with Crippen LogP contribution in [0, 0.1) is 5.92 Å². The van der Waals surface area contributed by atoms with Gasteiger partial charge in [0, 0.05) is 5.33 Å². The van der Waals surface area contributed by atoms with Crippen LogP contribution in [0.1, 0.15) is 19.8 Å². The van der Waals surface area contributed by atoms with E-state index in [9.17, 15) is 13.2 Å². The van der Waals surface area contributed by atoms with Crippen LogP contribution in [0.3, 0.4) is 0 Å². The van der Waals surface area contributed by atoms with Gasteiger partial charge < -0.3 is 0 Å². The van der Waals surface area contributed by atoms with E-state index in [2.05, 4.69) is 22.9 Å². The Labute approximate surface area is 91.8 Å². The highest BCUT2D eigenvalue weighted by molar-refractivity contribution is 9.09. The zero-order valence-corrected chi connectivity index (χ0v) is 10.2. The fraction of sp³-hybridized carbons (Fsp3) is 1.00. The topological polar surface area (TPSA) is 3.24 Å². The lowest BCUT2D eigenvalue weighted by molar-refractivity contribution is -0.143. The Hall–Kier alpha value is 0.230. The molecule has 14 heavy (non-hydrogen) atoms. The maximum atomic E-state index is 11.9. The molecule has 0 aromatic rings. The van der Waals surface area contributed by atoms with E-state index in [1.165, 1.54) is 11.9 Å². The van der Waals surface area contributed by atoms with Crippen LogP contribution in [0.4, 0.5) is 13.2 Å². The first-order chi connectivity index (χ1) is 6.35. The third-order valence-electron chi connectivity index (χ3n) is 2.05. The Kier molecular flexibility index (Phi) is 6.78. The van der Waals surface area contributed by atoms with Gasteiger partial charge >= 0.3 is 6.18 Å². The van der Waals surface area contributed by atoms with Crippen LogP contribution >= 0.6 is 15.9 Å². The summed E-state index contributed by atoms with van der Waals surface area (Å²) in [6, 6.07) is 0. The zero-order valence-electron chi connectivity index (χ0n) is 8.57. The summed E-state index contributed by atoms with van der Waals surface area (Å²) < 4.78 is 35.8. The van der Waals surface area contributed by atoms with E-state index < -0.39 is 12.7 Å². The molecule has 0 aromatic carbocycles. The van der Waals surface area contributed by atoms with E-state index in [0.717, 1.165) is 18.2 Å². The molecule has 0 bridgehead atoms. The Morgan fingerprint density at radius 3 is 2.29 bits per heavy atom. The van der Waals surface area contributed by atoms with E-state index in [1.54, 1.807) is 0 Å². The van der Waals surface area contributed by atoms with Crippen LogP contribution in [0.25, 0.3) is 0 Å². The molecule has 0 aliphatic rings. The molecule has 0 spiro atoms. The molecule has 0 N–H and O–H groups in total. The highest BCUT2D eigenvalue weighted by Crippen LogP contribution is 2.16. The van der Waals surface area contributed by atoms with Crippen LogP contribution in [0.5, 0.6) is 0 Å². The van der Waals surface area contributed by atoms with Gasteiger partial charge in [0.15, 0.2) is 0 Å². The Morgan fingerprint density at radius 2 is 1.86 bits per heavy atom. The zero-order chi connectivity index (χ0) is 11.2. The van der Waals surface area contributed by atoms with E-state index in [1.807, 2.05) is 0 Å². The van der Waals surface area contributed by atoms with Crippen LogP contribution in [-0.4, -0.2) is 36.5 Å². The summed E-state index contributed by atoms with van der Waals surface area (Å²) in [6.45, 7) is 1.75. The number of alkyl halides is 4. The van der Waals surface area contributed by atoms with Crippen LogP contribution < -0.4 is 0 Å². The minimum atomic E-state index is -4.08. The minimum absolute atomic E-state index is 0.477. The van der Waals surface area contributed by atoms with Crippen molar-refractivity contribution in [1.29, 1.82) is 0 Å². The lowest BCUT2D eigenvalue weighted by atomic mass is 10.1. The van der Waals surface area contributed by atoms with Gasteiger partial charge in [-0.3, -0.25) is 4.90 Å². The molecular weight excluding hydrogens is 259 g/mol. The second kappa shape index (κ2) is 6.67. The van der Waals surface area contributed by atoms with Gasteiger partial charge in [0.1, 0.15) is 0 Å². The number of nitrogens with zero attached hydrogens (tertiary/aromatic N) is 1. The van der Waals surface area contributed by atoms with Crippen molar-refractivity contribution in [2.24, 2.45) is 5.92 Å². The van der Waals surface area contributed by atoms with Gasteiger partial charge in [-0.15, -0.1) is 0 Å².